The summed E-state index contributed by atoms with van der Waals surface area (Å²) < 4.78 is 22.0. The maximum atomic E-state index is 9.89. The van der Waals surface area contributed by atoms with Crippen molar-refractivity contribution in [2.75, 3.05) is 6.61 Å². The van der Waals surface area contributed by atoms with Crippen LogP contribution in [0.5, 0.6) is 0 Å². The van der Waals surface area contributed by atoms with E-state index in [9.17, 15) is 5.11 Å². The molecule has 5 nitrogen and oxygen atoms in total. The van der Waals surface area contributed by atoms with Gasteiger partial charge in [0.1, 0.15) is 24.4 Å². The minimum Gasteiger partial charge on any atom is -0.387 e. The molecule has 0 radical (unpaired) electrons. The second kappa shape index (κ2) is 2.68. The first-order chi connectivity index (χ1) is 6.57. The van der Waals surface area contributed by atoms with Crippen LogP contribution in [-0.4, -0.2) is 48.2 Å². The zero-order valence-corrected chi connectivity index (χ0v) is 8.17. The fourth-order valence-electron chi connectivity index (χ4n) is 2.30. The van der Waals surface area contributed by atoms with Crippen molar-refractivity contribution < 1.29 is 24.1 Å². The summed E-state index contributed by atoms with van der Waals surface area (Å²) in [6, 6.07) is 0. The average Bonchev–Trinajstić information content (AvgIpc) is 2.64. The van der Waals surface area contributed by atoms with Crippen LogP contribution in [0.15, 0.2) is 0 Å². The van der Waals surface area contributed by atoms with Crippen molar-refractivity contribution in [1.82, 2.24) is 0 Å². The van der Waals surface area contributed by atoms with Crippen molar-refractivity contribution in [3.8, 4) is 0 Å². The zero-order valence-electron chi connectivity index (χ0n) is 8.17. The fourth-order valence-corrected chi connectivity index (χ4v) is 2.30. The van der Waals surface area contributed by atoms with E-state index in [4.69, 9.17) is 18.9 Å². The van der Waals surface area contributed by atoms with Gasteiger partial charge in [0.25, 0.3) is 0 Å². The van der Waals surface area contributed by atoms with Gasteiger partial charge in [-0.2, -0.15) is 0 Å². The Morgan fingerprint density at radius 3 is 2.71 bits per heavy atom. The molecule has 3 fully saturated rings. The van der Waals surface area contributed by atoms with Crippen molar-refractivity contribution >= 4 is 0 Å². The largest absolute Gasteiger partial charge is 0.387 e. The Labute approximate surface area is 81.9 Å². The number of aliphatic hydroxyl groups is 1. The van der Waals surface area contributed by atoms with Gasteiger partial charge in [-0.3, -0.25) is 0 Å². The molecule has 5 atom stereocenters. The van der Waals surface area contributed by atoms with Gasteiger partial charge in [-0.15, -0.1) is 0 Å². The quantitative estimate of drug-likeness (QED) is 0.580. The third-order valence-electron chi connectivity index (χ3n) is 2.88. The van der Waals surface area contributed by atoms with Gasteiger partial charge in [-0.1, -0.05) is 0 Å². The minimum atomic E-state index is -0.659. The SMILES string of the molecule is CC1(C)O[C@@H]2[C@@H]3OC[C@H](O3)[C@@H](O)[C@@H]2O1. The van der Waals surface area contributed by atoms with E-state index in [1.165, 1.54) is 0 Å². The second-order valence-corrected chi connectivity index (χ2v) is 4.43. The first-order valence-corrected chi connectivity index (χ1v) is 4.88. The number of ether oxygens (including phenoxy) is 4. The van der Waals surface area contributed by atoms with E-state index >= 15 is 0 Å². The molecule has 0 aromatic carbocycles. The normalized spacial score (nSPS) is 54.6. The molecule has 3 saturated heterocycles. The summed E-state index contributed by atoms with van der Waals surface area (Å²) in [5.74, 6) is -0.659. The second-order valence-electron chi connectivity index (χ2n) is 4.43. The monoisotopic (exact) mass is 202 g/mol. The van der Waals surface area contributed by atoms with E-state index in [0.717, 1.165) is 0 Å². The smallest absolute Gasteiger partial charge is 0.187 e. The molecular formula is C9H14O5. The van der Waals surface area contributed by atoms with Crippen molar-refractivity contribution in [2.24, 2.45) is 0 Å². The predicted molar refractivity (Wildman–Crippen MR) is 44.4 cm³/mol. The van der Waals surface area contributed by atoms with E-state index in [2.05, 4.69) is 0 Å². The topological polar surface area (TPSA) is 57.2 Å². The standard InChI is InChI=1S/C9H14O5/c1-9(2)13-6-5(10)4-3-11-8(12-4)7(6)14-9/h4-8,10H,3H2,1-2H3/t4-,5+,6-,7-,8+/m0/s1. The van der Waals surface area contributed by atoms with Crippen LogP contribution < -0.4 is 0 Å². The van der Waals surface area contributed by atoms with Gasteiger partial charge in [0.15, 0.2) is 12.1 Å². The molecule has 3 aliphatic heterocycles. The molecule has 0 amide bonds. The molecule has 3 heterocycles. The van der Waals surface area contributed by atoms with E-state index in [1.54, 1.807) is 0 Å². The van der Waals surface area contributed by atoms with Gasteiger partial charge in [-0.05, 0) is 13.8 Å². The predicted octanol–water partition coefficient (Wildman–Crippen LogP) is -0.378. The number of hydrogen-bond acceptors (Lipinski definition) is 5. The van der Waals surface area contributed by atoms with Crippen LogP contribution in [-0.2, 0) is 18.9 Å². The molecule has 5 heteroatoms. The third kappa shape index (κ3) is 1.14. The van der Waals surface area contributed by atoms with Gasteiger partial charge < -0.3 is 24.1 Å². The third-order valence-corrected chi connectivity index (χ3v) is 2.88. The summed E-state index contributed by atoms with van der Waals surface area (Å²) in [5, 5.41) is 9.89. The lowest BCUT2D eigenvalue weighted by Gasteiger charge is -2.31. The fraction of sp³-hybridized carbons (Fsp3) is 1.00. The summed E-state index contributed by atoms with van der Waals surface area (Å²) in [5.41, 5.74) is 0. The molecule has 0 aromatic rings. The molecule has 0 aromatic heterocycles. The molecule has 0 saturated carbocycles. The Hall–Kier alpha value is -0.200. The van der Waals surface area contributed by atoms with Crippen LogP contribution in [0.2, 0.25) is 0 Å². The van der Waals surface area contributed by atoms with Gasteiger partial charge in [-0.25, -0.2) is 0 Å². The van der Waals surface area contributed by atoms with Crippen molar-refractivity contribution in [3.05, 3.63) is 0 Å². The van der Waals surface area contributed by atoms with Crippen LogP contribution in [0.1, 0.15) is 13.8 Å². The van der Waals surface area contributed by atoms with Crippen LogP contribution in [0.4, 0.5) is 0 Å². The first-order valence-electron chi connectivity index (χ1n) is 4.88. The Bertz CT molecular complexity index is 246. The summed E-state index contributed by atoms with van der Waals surface area (Å²) in [7, 11) is 0. The highest BCUT2D eigenvalue weighted by atomic mass is 16.8. The summed E-state index contributed by atoms with van der Waals surface area (Å²) in [4.78, 5) is 0. The van der Waals surface area contributed by atoms with Crippen molar-refractivity contribution in [2.45, 2.75) is 50.3 Å². The number of fused-ring (bicyclic) bond motifs is 4. The molecular weight excluding hydrogens is 188 g/mol. The van der Waals surface area contributed by atoms with Crippen molar-refractivity contribution in [3.63, 3.8) is 0 Å². The molecule has 14 heavy (non-hydrogen) atoms. The van der Waals surface area contributed by atoms with Gasteiger partial charge in [0.2, 0.25) is 0 Å². The van der Waals surface area contributed by atoms with E-state index < -0.39 is 11.9 Å². The van der Waals surface area contributed by atoms with E-state index in [1.807, 2.05) is 13.8 Å². The summed E-state index contributed by atoms with van der Waals surface area (Å²) >= 11 is 0. The van der Waals surface area contributed by atoms with E-state index in [-0.39, 0.29) is 24.6 Å². The molecule has 0 spiro atoms. The molecule has 3 rings (SSSR count). The molecule has 80 valence electrons. The van der Waals surface area contributed by atoms with Crippen LogP contribution in [0.25, 0.3) is 0 Å². The Morgan fingerprint density at radius 2 is 1.93 bits per heavy atom. The molecule has 0 unspecified atom stereocenters. The van der Waals surface area contributed by atoms with Crippen molar-refractivity contribution in [1.29, 1.82) is 0 Å². The Balaban J connectivity index is 1.88. The van der Waals surface area contributed by atoms with Crippen LogP contribution in [0, 0.1) is 0 Å². The highest BCUT2D eigenvalue weighted by molar-refractivity contribution is 4.98. The van der Waals surface area contributed by atoms with Gasteiger partial charge in [0, 0.05) is 0 Å². The highest BCUT2D eigenvalue weighted by Gasteiger charge is 2.58. The Kier molecular flexibility index (Phi) is 1.73. The van der Waals surface area contributed by atoms with Crippen LogP contribution in [0.3, 0.4) is 0 Å². The maximum absolute atomic E-state index is 9.89. The molecule has 3 aliphatic rings. The van der Waals surface area contributed by atoms with Gasteiger partial charge >= 0.3 is 0 Å². The average molecular weight is 202 g/mol. The lowest BCUT2D eigenvalue weighted by Crippen LogP contribution is -2.52. The summed E-state index contributed by atoms with van der Waals surface area (Å²) in [6.07, 6.45) is -1.93. The molecule has 0 aliphatic carbocycles. The number of hydrogen-bond donors (Lipinski definition) is 1. The maximum Gasteiger partial charge on any atom is 0.187 e. The number of aliphatic hydroxyl groups excluding tert-OH is 1. The lowest BCUT2D eigenvalue weighted by atomic mass is 10.0. The minimum absolute atomic E-state index is 0.265. The van der Waals surface area contributed by atoms with Crippen LogP contribution >= 0.6 is 0 Å². The highest BCUT2D eigenvalue weighted by Crippen LogP contribution is 2.40. The van der Waals surface area contributed by atoms with Gasteiger partial charge in [0.05, 0.1) is 6.61 Å². The number of rotatable bonds is 0. The molecule has 2 bridgehead atoms. The Morgan fingerprint density at radius 1 is 1.21 bits per heavy atom. The summed E-state index contributed by atoms with van der Waals surface area (Å²) in [6.45, 7) is 4.07. The first kappa shape index (κ1) is 9.06. The van der Waals surface area contributed by atoms with E-state index in [0.29, 0.717) is 6.61 Å². The molecule has 1 N–H and O–H groups in total. The lowest BCUT2D eigenvalue weighted by molar-refractivity contribution is -0.198. The zero-order chi connectivity index (χ0) is 9.92.